The molecule has 5 nitrogen and oxygen atoms in total. The molecule has 1 atom stereocenters. The summed E-state index contributed by atoms with van der Waals surface area (Å²) in [5.74, 6) is -0.186. The maximum atomic E-state index is 11.7. The Morgan fingerprint density at radius 3 is 3.12 bits per heavy atom. The second kappa shape index (κ2) is 5.63. The molecule has 1 aromatic heterocycles. The van der Waals surface area contributed by atoms with Gasteiger partial charge in [0.1, 0.15) is 0 Å². The van der Waals surface area contributed by atoms with Gasteiger partial charge in [-0.05, 0) is 31.9 Å². The Bertz CT molecular complexity index is 435. The number of carbonyl (C=O) groups excluding carboxylic acids is 1. The molecule has 0 radical (unpaired) electrons. The van der Waals surface area contributed by atoms with Crippen LogP contribution in [0.25, 0.3) is 0 Å². The van der Waals surface area contributed by atoms with Crippen LogP contribution in [0.4, 0.5) is 0 Å². The summed E-state index contributed by atoms with van der Waals surface area (Å²) in [6.07, 6.45) is 4.82. The van der Waals surface area contributed by atoms with Crippen molar-refractivity contribution in [3.8, 4) is 0 Å². The Morgan fingerprint density at radius 2 is 2.41 bits per heavy atom. The average molecular weight is 235 g/mol. The molecule has 0 aromatic carbocycles. The number of pyridine rings is 1. The molecule has 1 aliphatic heterocycles. The number of aromatic nitrogens is 1. The maximum absolute atomic E-state index is 11.7. The quantitative estimate of drug-likeness (QED) is 0.700. The fourth-order valence-corrected chi connectivity index (χ4v) is 2.05. The molecule has 2 rings (SSSR count). The van der Waals surface area contributed by atoms with E-state index in [0.717, 1.165) is 13.0 Å². The van der Waals surface area contributed by atoms with Crippen molar-refractivity contribution in [3.63, 3.8) is 0 Å². The molecule has 0 bridgehead atoms. The van der Waals surface area contributed by atoms with Gasteiger partial charge in [-0.15, -0.1) is 0 Å². The summed E-state index contributed by atoms with van der Waals surface area (Å²) < 4.78 is 0. The molecule has 1 unspecified atom stereocenters. The first kappa shape index (κ1) is 11.9. The normalized spacial score (nSPS) is 19.2. The Hall–Kier alpha value is -1.62. The summed E-state index contributed by atoms with van der Waals surface area (Å²) in [5, 5.41) is 6.19. The molecule has 0 aliphatic carbocycles. The monoisotopic (exact) mass is 235 g/mol. The number of hydrogen-bond acceptors (Lipinski definition) is 3. The first-order valence-electron chi connectivity index (χ1n) is 5.96. The third kappa shape index (κ3) is 3.42. The van der Waals surface area contributed by atoms with E-state index in [1.54, 1.807) is 6.07 Å². The number of rotatable bonds is 4. The van der Waals surface area contributed by atoms with Crippen molar-refractivity contribution < 1.29 is 4.79 Å². The summed E-state index contributed by atoms with van der Waals surface area (Å²) >= 11 is 0. The van der Waals surface area contributed by atoms with Crippen LogP contribution in [0.2, 0.25) is 0 Å². The molecule has 17 heavy (non-hydrogen) atoms. The Kier molecular flexibility index (Phi) is 3.93. The molecule has 1 fully saturated rings. The molecular weight excluding hydrogens is 218 g/mol. The van der Waals surface area contributed by atoms with E-state index in [2.05, 4.69) is 15.6 Å². The summed E-state index contributed by atoms with van der Waals surface area (Å²) in [7, 11) is 0. The van der Waals surface area contributed by atoms with Crippen LogP contribution in [-0.4, -0.2) is 30.0 Å². The van der Waals surface area contributed by atoms with E-state index < -0.39 is 0 Å². The van der Waals surface area contributed by atoms with Gasteiger partial charge in [-0.25, -0.2) is 0 Å². The van der Waals surface area contributed by atoms with Gasteiger partial charge in [0, 0.05) is 30.4 Å². The van der Waals surface area contributed by atoms with E-state index in [4.69, 9.17) is 0 Å². The molecule has 0 saturated carbocycles. The molecule has 1 saturated heterocycles. The van der Waals surface area contributed by atoms with Gasteiger partial charge < -0.3 is 15.6 Å². The number of carbonyl (C=O) groups is 1. The Labute approximate surface area is 99.6 Å². The molecule has 5 heteroatoms. The van der Waals surface area contributed by atoms with Gasteiger partial charge in [0.05, 0.1) is 0 Å². The third-order valence-corrected chi connectivity index (χ3v) is 2.98. The second-order valence-electron chi connectivity index (χ2n) is 4.28. The number of aromatic amines is 1. The molecular formula is C12H17N3O2. The third-order valence-electron chi connectivity index (χ3n) is 2.98. The highest BCUT2D eigenvalue weighted by Crippen LogP contribution is 2.07. The van der Waals surface area contributed by atoms with Crippen LogP contribution in [0.3, 0.4) is 0 Å². The van der Waals surface area contributed by atoms with Crippen molar-refractivity contribution in [1.29, 1.82) is 0 Å². The van der Waals surface area contributed by atoms with Gasteiger partial charge in [0.25, 0.3) is 5.91 Å². The van der Waals surface area contributed by atoms with E-state index in [-0.39, 0.29) is 11.5 Å². The van der Waals surface area contributed by atoms with Gasteiger partial charge in [-0.1, -0.05) is 0 Å². The first-order valence-corrected chi connectivity index (χ1v) is 5.96. The highest BCUT2D eigenvalue weighted by atomic mass is 16.2. The van der Waals surface area contributed by atoms with Crippen LogP contribution in [0.15, 0.2) is 23.1 Å². The molecule has 0 spiro atoms. The van der Waals surface area contributed by atoms with Crippen LogP contribution in [-0.2, 0) is 0 Å². The molecule has 1 aromatic rings. The summed E-state index contributed by atoms with van der Waals surface area (Å²) in [5.41, 5.74) is 0.156. The zero-order valence-corrected chi connectivity index (χ0v) is 9.66. The zero-order chi connectivity index (χ0) is 12.1. The van der Waals surface area contributed by atoms with Crippen molar-refractivity contribution in [2.45, 2.75) is 25.3 Å². The van der Waals surface area contributed by atoms with Gasteiger partial charge in [0.2, 0.25) is 5.56 Å². The van der Waals surface area contributed by atoms with Crippen molar-refractivity contribution in [3.05, 3.63) is 34.2 Å². The number of H-pyrrole nitrogens is 1. The average Bonchev–Trinajstić information content (AvgIpc) is 2.82. The second-order valence-corrected chi connectivity index (χ2v) is 4.28. The lowest BCUT2D eigenvalue weighted by molar-refractivity contribution is 0.0952. The van der Waals surface area contributed by atoms with Crippen LogP contribution in [0.5, 0.6) is 0 Å². The Balaban J connectivity index is 1.79. The smallest absolute Gasteiger partial charge is 0.251 e. The molecule has 1 aliphatic rings. The van der Waals surface area contributed by atoms with Crippen molar-refractivity contribution in [1.82, 2.24) is 15.6 Å². The van der Waals surface area contributed by atoms with Gasteiger partial charge >= 0.3 is 0 Å². The maximum Gasteiger partial charge on any atom is 0.251 e. The van der Waals surface area contributed by atoms with Crippen molar-refractivity contribution in [2.75, 3.05) is 13.1 Å². The van der Waals surface area contributed by atoms with Gasteiger partial charge in [-0.3, -0.25) is 9.59 Å². The minimum absolute atomic E-state index is 0.186. The summed E-state index contributed by atoms with van der Waals surface area (Å²) in [6, 6.07) is 3.43. The fourth-order valence-electron chi connectivity index (χ4n) is 2.05. The lowest BCUT2D eigenvalue weighted by Gasteiger charge is -2.10. The minimum Gasteiger partial charge on any atom is -0.352 e. The molecule has 3 N–H and O–H groups in total. The van der Waals surface area contributed by atoms with Crippen molar-refractivity contribution >= 4 is 5.91 Å². The first-order chi connectivity index (χ1) is 8.25. The van der Waals surface area contributed by atoms with Crippen LogP contribution in [0.1, 0.15) is 29.6 Å². The van der Waals surface area contributed by atoms with E-state index in [1.807, 2.05) is 0 Å². The predicted molar refractivity (Wildman–Crippen MR) is 65.0 cm³/mol. The van der Waals surface area contributed by atoms with E-state index in [9.17, 15) is 9.59 Å². The highest BCUT2D eigenvalue weighted by Gasteiger charge is 2.13. The molecule has 2 heterocycles. The number of hydrogen-bond donors (Lipinski definition) is 3. The number of amides is 1. The van der Waals surface area contributed by atoms with Crippen molar-refractivity contribution in [2.24, 2.45) is 0 Å². The Morgan fingerprint density at radius 1 is 1.53 bits per heavy atom. The van der Waals surface area contributed by atoms with Crippen LogP contribution in [0, 0.1) is 0 Å². The largest absolute Gasteiger partial charge is 0.352 e. The van der Waals surface area contributed by atoms with Gasteiger partial charge in [-0.2, -0.15) is 0 Å². The van der Waals surface area contributed by atoms with Crippen LogP contribution >= 0.6 is 0 Å². The SMILES string of the molecule is O=C(NCCC1CCCN1)c1cc[nH]c(=O)c1. The van der Waals surface area contributed by atoms with Crippen LogP contribution < -0.4 is 16.2 Å². The molecule has 1 amide bonds. The fraction of sp³-hybridized carbons (Fsp3) is 0.500. The van der Waals surface area contributed by atoms with E-state index in [0.29, 0.717) is 18.2 Å². The number of nitrogens with one attached hydrogen (secondary N) is 3. The topological polar surface area (TPSA) is 74.0 Å². The summed E-state index contributed by atoms with van der Waals surface area (Å²) in [6.45, 7) is 1.72. The highest BCUT2D eigenvalue weighted by molar-refractivity contribution is 5.93. The predicted octanol–water partition coefficient (Wildman–Crippen LogP) is 0.247. The lowest BCUT2D eigenvalue weighted by atomic mass is 10.1. The van der Waals surface area contributed by atoms with E-state index >= 15 is 0 Å². The summed E-state index contributed by atoms with van der Waals surface area (Å²) in [4.78, 5) is 25.2. The lowest BCUT2D eigenvalue weighted by Crippen LogP contribution is -2.31. The zero-order valence-electron chi connectivity index (χ0n) is 9.66. The standard InChI is InChI=1S/C12H17N3O2/c16-11-8-9(3-6-14-11)12(17)15-7-4-10-2-1-5-13-10/h3,6,8,10,13H,1-2,4-5,7H2,(H,14,16)(H,15,17). The minimum atomic E-state index is -0.255. The molecule has 92 valence electrons. The van der Waals surface area contributed by atoms with Gasteiger partial charge in [0.15, 0.2) is 0 Å². The van der Waals surface area contributed by atoms with E-state index in [1.165, 1.54) is 25.1 Å².